The van der Waals surface area contributed by atoms with Gasteiger partial charge in [-0.1, -0.05) is 30.3 Å². The number of rotatable bonds is 7. The maximum absolute atomic E-state index is 14.6. The lowest BCUT2D eigenvalue weighted by Crippen LogP contribution is -2.19. The molecule has 3 fully saturated rings. The van der Waals surface area contributed by atoms with Crippen LogP contribution in [0.5, 0.6) is 0 Å². The standard InChI is InChI=1S/C20H21FN2O.C12H12BrFN2O.C12H14FN3O.C4H8O2/c21-18-13-19-17(14-22-23(19)20-8-4-5-11-24-20)12-16(18)10-9-15-6-2-1-3-7-15;13-9-5-8-7-15-16(11(8)6-10(9)14)12-3-1-2-4-17-12;13-9-6-11-8(5-10(9)14)7-15-16(11)12-3-1-2-4-17-12;1-3-6-4(2)5/h1-3,6-7,12-14,20H,4-5,8-11H2;5-7,12H,1-4H2;5-7,12H,1-4,14H2;3H2,1-2H3. The maximum Gasteiger partial charge on any atom is 0.302 e. The number of nitrogens with two attached hydrogens (primary N) is 1. The average Bonchev–Trinajstić information content (AvgIpc) is 4.04. The lowest BCUT2D eigenvalue weighted by atomic mass is 10.0. The number of ether oxygens (including phenoxy) is 4. The zero-order chi connectivity index (χ0) is 45.0. The quantitative estimate of drug-likeness (QED) is 0.122. The van der Waals surface area contributed by atoms with E-state index >= 15 is 0 Å². The van der Waals surface area contributed by atoms with E-state index in [1.165, 1.54) is 24.6 Å². The Morgan fingerprint density at radius 2 is 1.14 bits per heavy atom. The fourth-order valence-corrected chi connectivity index (χ4v) is 8.36. The van der Waals surface area contributed by atoms with E-state index in [0.717, 1.165) is 122 Å². The number of hydrogen-bond acceptors (Lipinski definition) is 9. The molecule has 3 aliphatic heterocycles. The van der Waals surface area contributed by atoms with Crippen molar-refractivity contribution >= 4 is 60.3 Å². The van der Waals surface area contributed by atoms with Crippen LogP contribution < -0.4 is 5.73 Å². The number of aromatic nitrogens is 6. The molecule has 0 radical (unpaired) electrons. The van der Waals surface area contributed by atoms with Crippen molar-refractivity contribution in [1.29, 1.82) is 0 Å². The zero-order valence-corrected chi connectivity index (χ0v) is 37.8. The van der Waals surface area contributed by atoms with Gasteiger partial charge in [0.15, 0.2) is 18.7 Å². The summed E-state index contributed by atoms with van der Waals surface area (Å²) in [5.74, 6) is -1.04. The third-order valence-corrected chi connectivity index (χ3v) is 11.9. The Morgan fingerprint density at radius 1 is 0.672 bits per heavy atom. The summed E-state index contributed by atoms with van der Waals surface area (Å²) in [6, 6.07) is 20.0. The summed E-state index contributed by atoms with van der Waals surface area (Å²) >= 11 is 3.18. The van der Waals surface area contributed by atoms with Gasteiger partial charge in [-0.15, -0.1) is 0 Å². The highest BCUT2D eigenvalue weighted by molar-refractivity contribution is 9.10. The topological polar surface area (TPSA) is 133 Å². The lowest BCUT2D eigenvalue weighted by molar-refractivity contribution is -0.140. The monoisotopic (exact) mass is 945 g/mol. The largest absolute Gasteiger partial charge is 0.466 e. The summed E-state index contributed by atoms with van der Waals surface area (Å²) in [7, 11) is 0. The molecule has 16 heteroatoms. The Labute approximate surface area is 378 Å². The van der Waals surface area contributed by atoms with Crippen LogP contribution in [0.15, 0.2) is 89.8 Å². The van der Waals surface area contributed by atoms with Gasteiger partial charge in [-0.25, -0.2) is 27.2 Å². The smallest absolute Gasteiger partial charge is 0.302 e. The summed E-state index contributed by atoms with van der Waals surface area (Å²) in [6.07, 6.45) is 16.0. The predicted octanol–water partition coefficient (Wildman–Crippen LogP) is 11.3. The van der Waals surface area contributed by atoms with Crippen LogP contribution in [0.3, 0.4) is 0 Å². The van der Waals surface area contributed by atoms with Crippen molar-refractivity contribution in [2.24, 2.45) is 0 Å². The maximum atomic E-state index is 14.6. The molecule has 0 amide bonds. The average molecular weight is 947 g/mol. The molecule has 7 aromatic rings. The fraction of sp³-hybridized carbons (Fsp3) is 0.417. The first-order valence-electron chi connectivity index (χ1n) is 22.0. The highest BCUT2D eigenvalue weighted by Crippen LogP contribution is 2.31. The Bertz CT molecular complexity index is 2500. The van der Waals surface area contributed by atoms with Crippen molar-refractivity contribution < 1.29 is 36.9 Å². The van der Waals surface area contributed by atoms with Gasteiger partial charge < -0.3 is 24.7 Å². The number of carbonyl (C=O) groups is 1. The molecular formula is C48H55BrF3N7O5. The molecule has 0 aliphatic carbocycles. The predicted molar refractivity (Wildman–Crippen MR) is 244 cm³/mol. The van der Waals surface area contributed by atoms with E-state index in [4.69, 9.17) is 19.9 Å². The van der Waals surface area contributed by atoms with Crippen LogP contribution in [-0.4, -0.2) is 61.7 Å². The van der Waals surface area contributed by atoms with E-state index in [9.17, 15) is 18.0 Å². The highest BCUT2D eigenvalue weighted by Gasteiger charge is 2.22. The normalized spacial score (nSPS) is 18.6. The molecule has 12 nitrogen and oxygen atoms in total. The number of anilines is 1. The van der Waals surface area contributed by atoms with Crippen molar-refractivity contribution in [2.45, 2.75) is 103 Å². The van der Waals surface area contributed by atoms with Crippen molar-refractivity contribution in [2.75, 3.05) is 32.2 Å². The number of nitrogens with zero attached hydrogens (tertiary/aromatic N) is 6. The van der Waals surface area contributed by atoms with Gasteiger partial charge in [-0.3, -0.25) is 4.79 Å². The van der Waals surface area contributed by atoms with Gasteiger partial charge in [0.1, 0.15) is 17.5 Å². The van der Waals surface area contributed by atoms with Crippen molar-refractivity contribution in [1.82, 2.24) is 29.3 Å². The Hall–Kier alpha value is -5.29. The lowest BCUT2D eigenvalue weighted by Gasteiger charge is -2.23. The molecule has 0 saturated carbocycles. The van der Waals surface area contributed by atoms with E-state index < -0.39 is 5.82 Å². The van der Waals surface area contributed by atoms with Gasteiger partial charge >= 0.3 is 5.97 Å². The zero-order valence-electron chi connectivity index (χ0n) is 36.2. The number of hydrogen-bond donors (Lipinski definition) is 1. The van der Waals surface area contributed by atoms with Gasteiger partial charge in [0, 0.05) is 61.1 Å². The summed E-state index contributed by atoms with van der Waals surface area (Å²) in [5, 5.41) is 15.8. The van der Waals surface area contributed by atoms with E-state index in [2.05, 4.69) is 48.1 Å². The molecule has 3 saturated heterocycles. The number of fused-ring (bicyclic) bond motifs is 3. The number of carbonyl (C=O) groups excluding carboxylic acids is 1. The van der Waals surface area contributed by atoms with E-state index in [1.54, 1.807) is 46.9 Å². The second kappa shape index (κ2) is 22.6. The molecule has 0 bridgehead atoms. The van der Waals surface area contributed by atoms with E-state index in [-0.39, 0.29) is 42.0 Å². The minimum atomic E-state index is -0.407. The summed E-state index contributed by atoms with van der Waals surface area (Å²) < 4.78 is 68.9. The summed E-state index contributed by atoms with van der Waals surface area (Å²) in [4.78, 5) is 9.82. The second-order valence-corrected chi connectivity index (χ2v) is 16.8. The number of nitrogen functional groups attached to an aromatic ring is 1. The molecule has 64 heavy (non-hydrogen) atoms. The van der Waals surface area contributed by atoms with Gasteiger partial charge in [0.2, 0.25) is 0 Å². The number of esters is 1. The first-order valence-corrected chi connectivity index (χ1v) is 22.8. The third kappa shape index (κ3) is 11.9. The molecule has 3 aromatic heterocycles. The number of halogens is 4. The minimum Gasteiger partial charge on any atom is -0.466 e. The molecule has 3 aliphatic rings. The summed E-state index contributed by atoms with van der Waals surface area (Å²) in [6.45, 7) is 5.90. The van der Waals surface area contributed by atoms with Crippen LogP contribution in [0.1, 0.15) is 101 Å². The Kier molecular flexibility index (Phi) is 16.5. The molecular weight excluding hydrogens is 891 g/mol. The first-order chi connectivity index (χ1) is 31.1. The van der Waals surface area contributed by atoms with Gasteiger partial charge in [0.05, 0.1) is 51.9 Å². The molecule has 6 heterocycles. The molecule has 10 rings (SSSR count). The second-order valence-electron chi connectivity index (χ2n) is 15.9. The minimum absolute atomic E-state index is 0.0539. The van der Waals surface area contributed by atoms with E-state index in [1.807, 2.05) is 35.1 Å². The van der Waals surface area contributed by atoms with Crippen LogP contribution in [0.4, 0.5) is 18.9 Å². The molecule has 4 aromatic carbocycles. The highest BCUT2D eigenvalue weighted by atomic mass is 79.9. The van der Waals surface area contributed by atoms with Crippen molar-refractivity contribution in [3.8, 4) is 0 Å². The van der Waals surface area contributed by atoms with Gasteiger partial charge in [-0.2, -0.15) is 15.3 Å². The third-order valence-electron chi connectivity index (χ3n) is 11.3. The first kappa shape index (κ1) is 46.7. The van der Waals surface area contributed by atoms with Crippen LogP contribution in [0.2, 0.25) is 0 Å². The molecule has 2 N–H and O–H groups in total. The molecule has 0 spiro atoms. The van der Waals surface area contributed by atoms with E-state index in [0.29, 0.717) is 17.5 Å². The van der Waals surface area contributed by atoms with Gasteiger partial charge in [0.25, 0.3) is 0 Å². The number of benzene rings is 4. The molecule has 3 atom stereocenters. The van der Waals surface area contributed by atoms with Crippen molar-refractivity contribution in [3.05, 3.63) is 118 Å². The number of aryl methyl sites for hydroxylation is 2. The summed E-state index contributed by atoms with van der Waals surface area (Å²) in [5.41, 5.74) is 10.0. The van der Waals surface area contributed by atoms with Crippen molar-refractivity contribution in [3.63, 3.8) is 0 Å². The van der Waals surface area contributed by atoms with Crippen LogP contribution in [0, 0.1) is 17.5 Å². The SMILES string of the molecule is CCOC(C)=O.Fc1cc2c(cnn2C2CCCCO2)cc1Br.Fc1cc2c(cnn2C2CCCCO2)cc1CCc1ccccc1.Nc1cc2cnn(C3CCCCO3)c2cc1F. The Morgan fingerprint density at radius 3 is 1.59 bits per heavy atom. The van der Waals surface area contributed by atoms with Crippen LogP contribution >= 0.6 is 15.9 Å². The Balaban J connectivity index is 0.000000137. The van der Waals surface area contributed by atoms with Crippen LogP contribution in [0.25, 0.3) is 32.7 Å². The van der Waals surface area contributed by atoms with Crippen LogP contribution in [-0.2, 0) is 36.6 Å². The molecule has 3 unspecified atom stereocenters. The molecule has 340 valence electrons. The van der Waals surface area contributed by atoms with Gasteiger partial charge in [-0.05, 0) is 123 Å². The fourth-order valence-electron chi connectivity index (χ4n) is 8.00.